The zero-order valence-corrected chi connectivity index (χ0v) is 17.7. The Bertz CT molecular complexity index is 1100. The lowest BCUT2D eigenvalue weighted by atomic mass is 9.89. The van der Waals surface area contributed by atoms with Gasteiger partial charge in [0.2, 0.25) is 5.91 Å². The van der Waals surface area contributed by atoms with Crippen LogP contribution in [0.4, 0.5) is 15.8 Å². The molecule has 4 rings (SSSR count). The molecule has 0 saturated carbocycles. The van der Waals surface area contributed by atoms with Gasteiger partial charge in [-0.1, -0.05) is 55.5 Å². The molecule has 0 unspecified atom stereocenters. The summed E-state index contributed by atoms with van der Waals surface area (Å²) in [6.45, 7) is 3.84. The van der Waals surface area contributed by atoms with E-state index in [2.05, 4.69) is 0 Å². The number of anilines is 2. The minimum atomic E-state index is -0.548. The number of hydrogen-bond acceptors (Lipinski definition) is 2. The third-order valence-electron chi connectivity index (χ3n) is 5.80. The first-order valence-corrected chi connectivity index (χ1v) is 10.6. The Morgan fingerprint density at radius 3 is 2.32 bits per heavy atom. The number of halogens is 1. The summed E-state index contributed by atoms with van der Waals surface area (Å²) in [4.78, 5) is 29.8. The molecule has 0 aromatic heterocycles. The van der Waals surface area contributed by atoms with Crippen LogP contribution in [0.1, 0.15) is 48.7 Å². The number of carbonyl (C=O) groups is 2. The summed E-state index contributed by atoms with van der Waals surface area (Å²) in [5.74, 6) is -0.898. The highest BCUT2D eigenvalue weighted by Gasteiger charge is 2.38. The number of benzene rings is 3. The van der Waals surface area contributed by atoms with Crippen molar-refractivity contribution in [3.63, 3.8) is 0 Å². The molecule has 0 radical (unpaired) electrons. The number of amides is 2. The molecule has 4 nitrogen and oxygen atoms in total. The van der Waals surface area contributed by atoms with Crippen molar-refractivity contribution in [1.29, 1.82) is 0 Å². The number of fused-ring (bicyclic) bond motifs is 1. The molecule has 5 heteroatoms. The van der Waals surface area contributed by atoms with Gasteiger partial charge < -0.3 is 9.80 Å². The van der Waals surface area contributed by atoms with E-state index in [-0.39, 0.29) is 23.6 Å². The second-order valence-corrected chi connectivity index (χ2v) is 7.77. The number of para-hydroxylation sites is 2. The lowest BCUT2D eigenvalue weighted by Crippen LogP contribution is -2.47. The van der Waals surface area contributed by atoms with Gasteiger partial charge in [0.15, 0.2) is 0 Å². The topological polar surface area (TPSA) is 40.6 Å². The zero-order chi connectivity index (χ0) is 22.0. The molecule has 0 N–H and O–H groups in total. The average molecular weight is 416 g/mol. The van der Waals surface area contributed by atoms with Gasteiger partial charge in [0, 0.05) is 23.8 Å². The van der Waals surface area contributed by atoms with Crippen molar-refractivity contribution < 1.29 is 14.0 Å². The summed E-state index contributed by atoms with van der Waals surface area (Å²) >= 11 is 0. The summed E-state index contributed by atoms with van der Waals surface area (Å²) in [6, 6.07) is 22.6. The van der Waals surface area contributed by atoms with Crippen molar-refractivity contribution in [2.24, 2.45) is 0 Å². The van der Waals surface area contributed by atoms with Crippen molar-refractivity contribution in [1.82, 2.24) is 0 Å². The molecule has 3 aromatic rings. The van der Waals surface area contributed by atoms with E-state index in [1.165, 1.54) is 12.1 Å². The monoisotopic (exact) mass is 416 g/mol. The molecule has 0 spiro atoms. The van der Waals surface area contributed by atoms with Crippen LogP contribution in [0.5, 0.6) is 0 Å². The van der Waals surface area contributed by atoms with E-state index in [4.69, 9.17) is 0 Å². The molecule has 0 bridgehead atoms. The fourth-order valence-electron chi connectivity index (χ4n) is 4.37. The van der Waals surface area contributed by atoms with Crippen LogP contribution in [0.3, 0.4) is 0 Å². The van der Waals surface area contributed by atoms with Crippen LogP contribution in [-0.2, 0) is 4.79 Å². The molecule has 2 atom stereocenters. The third-order valence-corrected chi connectivity index (χ3v) is 5.80. The fraction of sp³-hybridized carbons (Fsp3) is 0.231. The Kier molecular flexibility index (Phi) is 5.85. The van der Waals surface area contributed by atoms with Crippen LogP contribution in [0.2, 0.25) is 0 Å². The molecular weight excluding hydrogens is 391 g/mol. The largest absolute Gasteiger partial charge is 0.309 e. The lowest BCUT2D eigenvalue weighted by Gasteiger charge is -2.43. The van der Waals surface area contributed by atoms with E-state index >= 15 is 0 Å². The molecule has 31 heavy (non-hydrogen) atoms. The smallest absolute Gasteiger partial charge is 0.261 e. The number of rotatable bonds is 4. The second kappa shape index (κ2) is 8.72. The van der Waals surface area contributed by atoms with E-state index in [0.717, 1.165) is 11.3 Å². The highest BCUT2D eigenvalue weighted by molar-refractivity contribution is 6.07. The zero-order valence-electron chi connectivity index (χ0n) is 17.7. The summed E-state index contributed by atoms with van der Waals surface area (Å²) in [5, 5.41) is 0. The standard InChI is InChI=1S/C26H25FN2O2/c1-3-25(30)28-18(2)17-24(21-14-8-10-16-23(21)28)29(19-11-5-4-6-12-19)26(31)20-13-7-9-15-22(20)27/h4-16,18,24H,3,17H2,1-2H3/t18-,24+/m1/s1. The van der Waals surface area contributed by atoms with Gasteiger partial charge in [-0.05, 0) is 49.2 Å². The highest BCUT2D eigenvalue weighted by atomic mass is 19.1. The number of nitrogens with zero attached hydrogens (tertiary/aromatic N) is 2. The summed E-state index contributed by atoms with van der Waals surface area (Å²) in [7, 11) is 0. The predicted octanol–water partition coefficient (Wildman–Crippen LogP) is 5.75. The van der Waals surface area contributed by atoms with E-state index in [1.807, 2.05) is 73.3 Å². The molecule has 3 aromatic carbocycles. The Morgan fingerprint density at radius 2 is 1.61 bits per heavy atom. The van der Waals surface area contributed by atoms with Gasteiger partial charge in [-0.3, -0.25) is 9.59 Å². The van der Waals surface area contributed by atoms with Crippen LogP contribution >= 0.6 is 0 Å². The van der Waals surface area contributed by atoms with Gasteiger partial charge in [-0.2, -0.15) is 0 Å². The normalized spacial score (nSPS) is 17.7. The Morgan fingerprint density at radius 1 is 0.968 bits per heavy atom. The Hall–Kier alpha value is -3.47. The van der Waals surface area contributed by atoms with Crippen molar-refractivity contribution in [3.8, 4) is 0 Å². The van der Waals surface area contributed by atoms with Gasteiger partial charge in [0.25, 0.3) is 5.91 Å². The molecular formula is C26H25FN2O2. The van der Waals surface area contributed by atoms with Crippen molar-refractivity contribution in [2.45, 2.75) is 38.8 Å². The van der Waals surface area contributed by atoms with Gasteiger partial charge in [0.05, 0.1) is 11.6 Å². The van der Waals surface area contributed by atoms with E-state index in [1.54, 1.807) is 17.0 Å². The first kappa shape index (κ1) is 20.8. The first-order chi connectivity index (χ1) is 15.0. The molecule has 1 heterocycles. The quantitative estimate of drug-likeness (QED) is 0.543. The number of carbonyl (C=O) groups excluding carboxylic acids is 2. The van der Waals surface area contributed by atoms with Crippen molar-refractivity contribution in [2.75, 3.05) is 9.80 Å². The fourth-order valence-corrected chi connectivity index (χ4v) is 4.37. The van der Waals surface area contributed by atoms with Gasteiger partial charge in [-0.25, -0.2) is 4.39 Å². The minimum Gasteiger partial charge on any atom is -0.309 e. The molecule has 1 aliphatic rings. The Balaban J connectivity index is 1.87. The Labute approximate surface area is 181 Å². The van der Waals surface area contributed by atoms with Crippen molar-refractivity contribution >= 4 is 23.2 Å². The van der Waals surface area contributed by atoms with Gasteiger partial charge in [0.1, 0.15) is 5.82 Å². The molecule has 2 amide bonds. The van der Waals surface area contributed by atoms with Gasteiger partial charge >= 0.3 is 0 Å². The third kappa shape index (κ3) is 3.83. The van der Waals surface area contributed by atoms with Crippen molar-refractivity contribution in [3.05, 3.63) is 95.8 Å². The molecule has 1 aliphatic heterocycles. The van der Waals surface area contributed by atoms with Gasteiger partial charge in [-0.15, -0.1) is 0 Å². The van der Waals surface area contributed by atoms with E-state index in [9.17, 15) is 14.0 Å². The van der Waals surface area contributed by atoms with E-state index in [0.29, 0.717) is 18.5 Å². The lowest BCUT2D eigenvalue weighted by molar-refractivity contribution is -0.118. The average Bonchev–Trinajstić information content (AvgIpc) is 2.80. The minimum absolute atomic E-state index is 0.0311. The summed E-state index contributed by atoms with van der Waals surface area (Å²) in [5.41, 5.74) is 2.41. The molecule has 0 saturated heterocycles. The maximum absolute atomic E-state index is 14.6. The predicted molar refractivity (Wildman–Crippen MR) is 121 cm³/mol. The maximum atomic E-state index is 14.6. The molecule has 0 aliphatic carbocycles. The second-order valence-electron chi connectivity index (χ2n) is 7.77. The number of hydrogen-bond donors (Lipinski definition) is 0. The van der Waals surface area contributed by atoms with Crippen LogP contribution in [-0.4, -0.2) is 17.9 Å². The highest BCUT2D eigenvalue weighted by Crippen LogP contribution is 2.43. The molecule has 0 fully saturated rings. The maximum Gasteiger partial charge on any atom is 0.261 e. The van der Waals surface area contributed by atoms with Crippen LogP contribution in [0, 0.1) is 5.82 Å². The summed E-state index contributed by atoms with van der Waals surface area (Å²) < 4.78 is 14.6. The van der Waals surface area contributed by atoms with Crippen LogP contribution in [0.25, 0.3) is 0 Å². The molecule has 158 valence electrons. The SMILES string of the molecule is CCC(=O)N1c2ccccc2[C@@H](N(C(=O)c2ccccc2F)c2ccccc2)C[C@H]1C. The summed E-state index contributed by atoms with van der Waals surface area (Å²) in [6.07, 6.45) is 0.956. The van der Waals surface area contributed by atoms with E-state index < -0.39 is 11.7 Å². The first-order valence-electron chi connectivity index (χ1n) is 10.6. The van der Waals surface area contributed by atoms with Crippen LogP contribution in [0.15, 0.2) is 78.9 Å². The van der Waals surface area contributed by atoms with Crippen LogP contribution < -0.4 is 9.80 Å².